The van der Waals surface area contributed by atoms with Crippen LogP contribution in [0.3, 0.4) is 0 Å². The van der Waals surface area contributed by atoms with E-state index in [1.165, 1.54) is 11.9 Å². The Labute approximate surface area is 114 Å². The number of hydrogen-bond donors (Lipinski definition) is 2. The smallest absolute Gasteiger partial charge is 0.215 e. The Morgan fingerprint density at radius 2 is 2.05 bits per heavy atom. The molecule has 0 heterocycles. The summed E-state index contributed by atoms with van der Waals surface area (Å²) in [5, 5.41) is 7.01. The summed E-state index contributed by atoms with van der Waals surface area (Å²) in [5.41, 5.74) is 3.93. The second-order valence-corrected chi connectivity index (χ2v) is 4.26. The fraction of sp³-hybridized carbons (Fsp3) is 0.429. The monoisotopic (exact) mass is 262 g/mol. The van der Waals surface area contributed by atoms with Crippen LogP contribution in [0.2, 0.25) is 0 Å². The van der Waals surface area contributed by atoms with Crippen molar-refractivity contribution in [2.45, 2.75) is 18.9 Å². The molecule has 5 heteroatoms. The minimum absolute atomic E-state index is 0.0970. The van der Waals surface area contributed by atoms with Crippen LogP contribution < -0.4 is 10.7 Å². The van der Waals surface area contributed by atoms with Crippen LogP contribution in [0.1, 0.15) is 12.0 Å². The molecular formula is C14H22N4O. The summed E-state index contributed by atoms with van der Waals surface area (Å²) in [6, 6.07) is 10.4. The molecule has 0 spiro atoms. The molecule has 1 unspecified atom stereocenters. The van der Waals surface area contributed by atoms with Gasteiger partial charge in [0.1, 0.15) is 6.34 Å². The van der Waals surface area contributed by atoms with Crippen LogP contribution in [0.25, 0.3) is 0 Å². The van der Waals surface area contributed by atoms with Crippen LogP contribution in [-0.2, 0) is 11.2 Å². The van der Waals surface area contributed by atoms with Crippen molar-refractivity contribution in [1.29, 1.82) is 0 Å². The van der Waals surface area contributed by atoms with Crippen molar-refractivity contribution >= 4 is 12.7 Å². The minimum atomic E-state index is 0.0970. The highest BCUT2D eigenvalue weighted by molar-refractivity contribution is 5.72. The zero-order valence-electron chi connectivity index (χ0n) is 11.5. The molecule has 104 valence electrons. The minimum Gasteiger partial charge on any atom is -0.318 e. The first-order valence-corrected chi connectivity index (χ1v) is 6.43. The number of carbonyl (C=O) groups excluding carboxylic acids is 1. The van der Waals surface area contributed by atoms with Crippen LogP contribution in [0.15, 0.2) is 35.4 Å². The molecule has 1 atom stereocenters. The van der Waals surface area contributed by atoms with Crippen LogP contribution in [0.5, 0.6) is 0 Å². The molecule has 0 aliphatic carbocycles. The molecule has 1 amide bonds. The van der Waals surface area contributed by atoms with Gasteiger partial charge in [0.15, 0.2) is 0 Å². The van der Waals surface area contributed by atoms with E-state index in [-0.39, 0.29) is 6.04 Å². The Balaban J connectivity index is 2.60. The third-order valence-corrected chi connectivity index (χ3v) is 2.91. The molecule has 1 aromatic carbocycles. The molecule has 1 aromatic rings. The lowest BCUT2D eigenvalue weighted by atomic mass is 10.0. The predicted octanol–water partition coefficient (Wildman–Crippen LogP) is 0.828. The highest BCUT2D eigenvalue weighted by Crippen LogP contribution is 2.08. The summed E-state index contributed by atoms with van der Waals surface area (Å²) in [5.74, 6) is 0. The Morgan fingerprint density at radius 3 is 2.63 bits per heavy atom. The van der Waals surface area contributed by atoms with Gasteiger partial charge in [-0.15, -0.1) is 0 Å². The number of benzene rings is 1. The normalized spacial score (nSPS) is 12.3. The Morgan fingerprint density at radius 1 is 1.32 bits per heavy atom. The first kappa shape index (κ1) is 15.2. The highest BCUT2D eigenvalue weighted by Gasteiger charge is 2.14. The van der Waals surface area contributed by atoms with Crippen LogP contribution >= 0.6 is 0 Å². The number of aryl methyl sites for hydroxylation is 1. The van der Waals surface area contributed by atoms with E-state index >= 15 is 0 Å². The standard InChI is InChI=1S/C14H22N4O/c1-15-10-14(18(12-19)11-17-16-2)9-8-13-6-4-3-5-7-13/h3-7,11-12,14-16H,8-10H2,1-2H3/b17-11-. The predicted molar refractivity (Wildman–Crippen MR) is 77.9 cm³/mol. The Hall–Kier alpha value is -1.88. The number of hydrogen-bond acceptors (Lipinski definition) is 4. The zero-order valence-corrected chi connectivity index (χ0v) is 11.5. The maximum absolute atomic E-state index is 11.1. The first-order chi connectivity index (χ1) is 9.31. The number of hydrazone groups is 1. The number of likely N-dealkylation sites (N-methyl/N-ethyl adjacent to an activating group) is 1. The second kappa shape index (κ2) is 9.10. The van der Waals surface area contributed by atoms with Gasteiger partial charge in [-0.05, 0) is 25.5 Å². The molecule has 19 heavy (non-hydrogen) atoms. The maximum atomic E-state index is 11.1. The molecule has 5 nitrogen and oxygen atoms in total. The topological polar surface area (TPSA) is 56.7 Å². The number of carbonyl (C=O) groups is 1. The molecule has 0 saturated heterocycles. The van der Waals surface area contributed by atoms with Gasteiger partial charge >= 0.3 is 0 Å². The van der Waals surface area contributed by atoms with Gasteiger partial charge in [-0.2, -0.15) is 5.10 Å². The summed E-state index contributed by atoms with van der Waals surface area (Å²) in [4.78, 5) is 12.7. The SMILES string of the molecule is CNCC(CCc1ccccc1)N(C=O)/C=N\NC. The largest absolute Gasteiger partial charge is 0.318 e. The summed E-state index contributed by atoms with van der Waals surface area (Å²) in [7, 11) is 3.59. The number of amides is 1. The summed E-state index contributed by atoms with van der Waals surface area (Å²) in [6.07, 6.45) is 4.16. The molecular weight excluding hydrogens is 240 g/mol. The molecule has 0 aliphatic heterocycles. The summed E-state index contributed by atoms with van der Waals surface area (Å²) in [6.45, 7) is 0.737. The van der Waals surface area contributed by atoms with Crippen LogP contribution in [0.4, 0.5) is 0 Å². The average Bonchev–Trinajstić information content (AvgIpc) is 2.46. The van der Waals surface area contributed by atoms with Crippen molar-refractivity contribution in [3.63, 3.8) is 0 Å². The third-order valence-electron chi connectivity index (χ3n) is 2.91. The van der Waals surface area contributed by atoms with Gasteiger partial charge in [0, 0.05) is 13.6 Å². The van der Waals surface area contributed by atoms with Gasteiger partial charge in [0.05, 0.1) is 6.04 Å². The van der Waals surface area contributed by atoms with Crippen molar-refractivity contribution in [1.82, 2.24) is 15.6 Å². The van der Waals surface area contributed by atoms with Gasteiger partial charge in [0.25, 0.3) is 0 Å². The van der Waals surface area contributed by atoms with E-state index in [0.29, 0.717) is 0 Å². The van der Waals surface area contributed by atoms with Crippen molar-refractivity contribution in [3.8, 4) is 0 Å². The molecule has 2 N–H and O–H groups in total. The van der Waals surface area contributed by atoms with Crippen LogP contribution in [-0.4, -0.2) is 44.3 Å². The molecule has 0 aromatic heterocycles. The van der Waals surface area contributed by atoms with Gasteiger partial charge in [-0.3, -0.25) is 9.69 Å². The van der Waals surface area contributed by atoms with E-state index in [1.54, 1.807) is 11.9 Å². The maximum Gasteiger partial charge on any atom is 0.215 e. The van der Waals surface area contributed by atoms with Crippen molar-refractivity contribution in [2.24, 2.45) is 5.10 Å². The van der Waals surface area contributed by atoms with E-state index < -0.39 is 0 Å². The van der Waals surface area contributed by atoms with Gasteiger partial charge in [-0.25, -0.2) is 0 Å². The number of nitrogens with one attached hydrogen (secondary N) is 2. The lowest BCUT2D eigenvalue weighted by Gasteiger charge is -2.24. The van der Waals surface area contributed by atoms with E-state index in [2.05, 4.69) is 28.0 Å². The summed E-state index contributed by atoms with van der Waals surface area (Å²) < 4.78 is 0. The van der Waals surface area contributed by atoms with E-state index in [9.17, 15) is 4.79 Å². The highest BCUT2D eigenvalue weighted by atomic mass is 16.1. The number of nitrogens with zero attached hydrogens (tertiary/aromatic N) is 2. The van der Waals surface area contributed by atoms with Gasteiger partial charge in [0.2, 0.25) is 6.41 Å². The molecule has 0 radical (unpaired) electrons. The zero-order chi connectivity index (χ0) is 13.9. The van der Waals surface area contributed by atoms with Gasteiger partial charge < -0.3 is 10.7 Å². The first-order valence-electron chi connectivity index (χ1n) is 6.43. The van der Waals surface area contributed by atoms with E-state index in [4.69, 9.17) is 0 Å². The van der Waals surface area contributed by atoms with Crippen LogP contribution in [0, 0.1) is 0 Å². The number of rotatable bonds is 9. The van der Waals surface area contributed by atoms with E-state index in [0.717, 1.165) is 25.8 Å². The fourth-order valence-corrected chi connectivity index (χ4v) is 1.90. The third kappa shape index (κ3) is 5.52. The average molecular weight is 262 g/mol. The molecule has 0 saturated carbocycles. The lowest BCUT2D eigenvalue weighted by Crippen LogP contribution is -2.40. The van der Waals surface area contributed by atoms with Gasteiger partial charge in [-0.1, -0.05) is 30.3 Å². The molecule has 0 fully saturated rings. The quantitative estimate of drug-likeness (QED) is 0.300. The fourth-order valence-electron chi connectivity index (χ4n) is 1.90. The summed E-state index contributed by atoms with van der Waals surface area (Å²) >= 11 is 0. The molecule has 0 bridgehead atoms. The van der Waals surface area contributed by atoms with Crippen molar-refractivity contribution < 1.29 is 4.79 Å². The Kier molecular flexibility index (Phi) is 7.27. The Bertz CT molecular complexity index is 380. The molecule has 0 aliphatic rings. The van der Waals surface area contributed by atoms with Crippen molar-refractivity contribution in [3.05, 3.63) is 35.9 Å². The van der Waals surface area contributed by atoms with E-state index in [1.807, 2.05) is 25.2 Å². The lowest BCUT2D eigenvalue weighted by molar-refractivity contribution is -0.116. The molecule has 1 rings (SSSR count). The second-order valence-electron chi connectivity index (χ2n) is 4.26. The van der Waals surface area contributed by atoms with Crippen molar-refractivity contribution in [2.75, 3.05) is 20.6 Å².